The van der Waals surface area contributed by atoms with E-state index in [-0.39, 0.29) is 0 Å². The summed E-state index contributed by atoms with van der Waals surface area (Å²) in [5, 5.41) is 9.59. The van der Waals surface area contributed by atoms with Gasteiger partial charge >= 0.3 is 0 Å². The number of allylic oxidation sites excluding steroid dienone is 1. The van der Waals surface area contributed by atoms with Crippen LogP contribution in [-0.2, 0) is 0 Å². The van der Waals surface area contributed by atoms with E-state index in [4.69, 9.17) is 28.5 Å². The standard InChI is InChI=1S/C10H6BrCl2N/c1-6(5-14)9(12)7-3-2-4-8(11)10(7)13/h2-4H,1H3/b9-6-. The predicted molar refractivity (Wildman–Crippen MR) is 63.2 cm³/mol. The maximum Gasteiger partial charge on any atom is 0.0959 e. The van der Waals surface area contributed by atoms with E-state index in [9.17, 15) is 0 Å². The molecule has 4 heteroatoms. The van der Waals surface area contributed by atoms with Gasteiger partial charge in [0.15, 0.2) is 0 Å². The van der Waals surface area contributed by atoms with Gasteiger partial charge in [-0.1, -0.05) is 35.3 Å². The average Bonchev–Trinajstić information content (AvgIpc) is 2.20. The monoisotopic (exact) mass is 289 g/mol. The largest absolute Gasteiger partial charge is 0.193 e. The van der Waals surface area contributed by atoms with E-state index in [0.29, 0.717) is 21.2 Å². The van der Waals surface area contributed by atoms with Gasteiger partial charge in [-0.3, -0.25) is 0 Å². The van der Waals surface area contributed by atoms with Crippen LogP contribution in [0.3, 0.4) is 0 Å². The number of hydrogen-bond donors (Lipinski definition) is 0. The summed E-state index contributed by atoms with van der Waals surface area (Å²) in [6.07, 6.45) is 0. The zero-order valence-corrected chi connectivity index (χ0v) is 10.4. The molecule has 0 fully saturated rings. The van der Waals surface area contributed by atoms with Crippen LogP contribution in [0.2, 0.25) is 5.02 Å². The highest BCUT2D eigenvalue weighted by molar-refractivity contribution is 9.10. The maximum atomic E-state index is 8.68. The fourth-order valence-corrected chi connectivity index (χ4v) is 1.76. The summed E-state index contributed by atoms with van der Waals surface area (Å²) in [6.45, 7) is 1.65. The minimum absolute atomic E-state index is 0.388. The molecule has 0 radical (unpaired) electrons. The molecule has 0 unspecified atom stereocenters. The molecule has 1 nitrogen and oxygen atoms in total. The third kappa shape index (κ3) is 2.30. The first-order valence-electron chi connectivity index (χ1n) is 3.78. The van der Waals surface area contributed by atoms with E-state index in [1.807, 2.05) is 18.2 Å². The number of hydrogen-bond acceptors (Lipinski definition) is 1. The van der Waals surface area contributed by atoms with Gasteiger partial charge in [0, 0.05) is 15.6 Å². The summed E-state index contributed by atoms with van der Waals surface area (Å²) in [5.41, 5.74) is 1.12. The van der Waals surface area contributed by atoms with E-state index in [2.05, 4.69) is 15.9 Å². The van der Waals surface area contributed by atoms with Crippen molar-refractivity contribution in [2.75, 3.05) is 0 Å². The second-order valence-electron chi connectivity index (χ2n) is 2.65. The Kier molecular flexibility index (Phi) is 4.00. The van der Waals surface area contributed by atoms with Gasteiger partial charge in [0.25, 0.3) is 0 Å². The quantitative estimate of drug-likeness (QED) is 0.694. The number of benzene rings is 1. The Morgan fingerprint density at radius 1 is 1.50 bits per heavy atom. The van der Waals surface area contributed by atoms with Crippen LogP contribution in [0, 0.1) is 11.3 Å². The van der Waals surface area contributed by atoms with Crippen molar-refractivity contribution < 1.29 is 0 Å². The lowest BCUT2D eigenvalue weighted by atomic mass is 10.1. The van der Waals surface area contributed by atoms with Gasteiger partial charge in [-0.25, -0.2) is 0 Å². The molecule has 0 spiro atoms. The lowest BCUT2D eigenvalue weighted by Gasteiger charge is -2.04. The molecule has 0 aliphatic carbocycles. The molecule has 0 atom stereocenters. The Bertz CT molecular complexity index is 432. The first-order valence-corrected chi connectivity index (χ1v) is 5.33. The highest BCUT2D eigenvalue weighted by Gasteiger charge is 2.09. The Balaban J connectivity index is 3.36. The van der Waals surface area contributed by atoms with Crippen LogP contribution in [0.25, 0.3) is 5.03 Å². The second kappa shape index (κ2) is 4.84. The van der Waals surface area contributed by atoms with Crippen molar-refractivity contribution in [3.8, 4) is 6.07 Å². The molecule has 0 saturated carbocycles. The molecular formula is C10H6BrCl2N. The third-order valence-corrected chi connectivity index (χ3v) is 3.47. The zero-order valence-electron chi connectivity index (χ0n) is 7.31. The molecule has 0 aromatic heterocycles. The SMILES string of the molecule is C/C(C#N)=C(/Cl)c1cccc(Br)c1Cl. The molecule has 72 valence electrons. The number of halogens is 3. The van der Waals surface area contributed by atoms with Gasteiger partial charge in [0.2, 0.25) is 0 Å². The van der Waals surface area contributed by atoms with Gasteiger partial charge in [0.1, 0.15) is 0 Å². The zero-order chi connectivity index (χ0) is 10.7. The van der Waals surface area contributed by atoms with Crippen molar-refractivity contribution in [3.05, 3.63) is 38.8 Å². The second-order valence-corrected chi connectivity index (χ2v) is 4.26. The van der Waals surface area contributed by atoms with Crippen molar-refractivity contribution in [1.82, 2.24) is 0 Å². The van der Waals surface area contributed by atoms with Crippen LogP contribution in [0.4, 0.5) is 0 Å². The van der Waals surface area contributed by atoms with Crippen molar-refractivity contribution in [3.63, 3.8) is 0 Å². The minimum Gasteiger partial charge on any atom is -0.193 e. The first kappa shape index (κ1) is 11.6. The lowest BCUT2D eigenvalue weighted by molar-refractivity contribution is 1.45. The van der Waals surface area contributed by atoms with Gasteiger partial charge < -0.3 is 0 Å². The van der Waals surface area contributed by atoms with Crippen molar-refractivity contribution in [2.45, 2.75) is 6.92 Å². The van der Waals surface area contributed by atoms with Crippen LogP contribution >= 0.6 is 39.1 Å². The molecule has 1 aromatic carbocycles. The molecular weight excluding hydrogens is 285 g/mol. The Hall–Kier alpha value is -0.490. The summed E-state index contributed by atoms with van der Waals surface area (Å²) >= 11 is 15.3. The van der Waals surface area contributed by atoms with Crippen molar-refractivity contribution in [1.29, 1.82) is 5.26 Å². The maximum absolute atomic E-state index is 8.68. The molecule has 0 amide bonds. The molecule has 0 aliphatic rings. The smallest absolute Gasteiger partial charge is 0.0959 e. The fourth-order valence-electron chi connectivity index (χ4n) is 0.924. The Morgan fingerprint density at radius 2 is 2.14 bits per heavy atom. The van der Waals surface area contributed by atoms with Crippen LogP contribution in [-0.4, -0.2) is 0 Å². The van der Waals surface area contributed by atoms with E-state index in [1.54, 1.807) is 13.0 Å². The van der Waals surface area contributed by atoms with Crippen molar-refractivity contribution >= 4 is 44.2 Å². The minimum atomic E-state index is 0.388. The molecule has 1 aromatic rings. The highest BCUT2D eigenvalue weighted by Crippen LogP contribution is 2.33. The highest BCUT2D eigenvalue weighted by atomic mass is 79.9. The molecule has 1 rings (SSSR count). The van der Waals surface area contributed by atoms with Gasteiger partial charge in [-0.15, -0.1) is 0 Å². The normalized spacial score (nSPS) is 11.9. The predicted octanol–water partition coefficient (Wildman–Crippen LogP) is 4.60. The van der Waals surface area contributed by atoms with E-state index in [0.717, 1.165) is 4.47 Å². The molecule has 0 heterocycles. The molecule has 0 saturated heterocycles. The lowest BCUT2D eigenvalue weighted by Crippen LogP contribution is -1.83. The molecule has 14 heavy (non-hydrogen) atoms. The summed E-state index contributed by atoms with van der Waals surface area (Å²) in [4.78, 5) is 0. The summed E-state index contributed by atoms with van der Waals surface area (Å²) in [7, 11) is 0. The number of nitrogens with zero attached hydrogens (tertiary/aromatic N) is 1. The van der Waals surface area contributed by atoms with Crippen LogP contribution in [0.1, 0.15) is 12.5 Å². The average molecular weight is 291 g/mol. The van der Waals surface area contributed by atoms with Crippen LogP contribution in [0.15, 0.2) is 28.2 Å². The topological polar surface area (TPSA) is 23.8 Å². The number of nitriles is 1. The fraction of sp³-hybridized carbons (Fsp3) is 0.100. The summed E-state index contributed by atoms with van der Waals surface area (Å²) < 4.78 is 0.764. The molecule has 0 bridgehead atoms. The van der Waals surface area contributed by atoms with Gasteiger partial charge in [-0.2, -0.15) is 5.26 Å². The molecule has 0 aliphatic heterocycles. The van der Waals surface area contributed by atoms with E-state index in [1.165, 1.54) is 0 Å². The van der Waals surface area contributed by atoms with E-state index >= 15 is 0 Å². The van der Waals surface area contributed by atoms with Gasteiger partial charge in [-0.05, 0) is 28.9 Å². The Morgan fingerprint density at radius 3 is 2.71 bits per heavy atom. The summed E-state index contributed by atoms with van der Waals surface area (Å²) in [6, 6.07) is 7.39. The third-order valence-electron chi connectivity index (χ3n) is 1.69. The molecule has 0 N–H and O–H groups in total. The van der Waals surface area contributed by atoms with E-state index < -0.39 is 0 Å². The van der Waals surface area contributed by atoms with Gasteiger partial charge in [0.05, 0.1) is 16.1 Å². The van der Waals surface area contributed by atoms with Crippen molar-refractivity contribution in [2.24, 2.45) is 0 Å². The summed E-state index contributed by atoms with van der Waals surface area (Å²) in [5.74, 6) is 0. The first-order chi connectivity index (χ1) is 6.57. The van der Waals surface area contributed by atoms with Crippen LogP contribution in [0.5, 0.6) is 0 Å². The Labute approximate surface area is 101 Å². The number of rotatable bonds is 1. The van der Waals surface area contributed by atoms with Crippen LogP contribution < -0.4 is 0 Å².